The van der Waals surface area contributed by atoms with Crippen LogP contribution in [0.5, 0.6) is 5.75 Å². The molecule has 7 heteroatoms. The zero-order valence-electron chi connectivity index (χ0n) is 15.2. The molecule has 2 aromatic rings. The van der Waals surface area contributed by atoms with Crippen LogP contribution >= 0.6 is 12.2 Å². The number of hydrogen-bond acceptors (Lipinski definition) is 3. The summed E-state index contributed by atoms with van der Waals surface area (Å²) in [6, 6.07) is 11.5. The second-order valence-electron chi connectivity index (χ2n) is 6.49. The predicted molar refractivity (Wildman–Crippen MR) is 107 cm³/mol. The first kappa shape index (κ1) is 19.5. The summed E-state index contributed by atoms with van der Waals surface area (Å²) in [5.74, 6) is -0.480. The number of anilines is 1. The number of hydrogen-bond donors (Lipinski definition) is 2. The average molecular weight is 391 g/mol. The molecule has 27 heavy (non-hydrogen) atoms. The van der Waals surface area contributed by atoms with Gasteiger partial charge in [0.1, 0.15) is 17.4 Å². The fraction of sp³-hybridized carbons (Fsp3) is 0.350. The molecule has 4 nitrogen and oxygen atoms in total. The normalized spacial score (nSPS) is 15.4. The fourth-order valence-corrected chi connectivity index (χ4v) is 3.48. The number of nitrogens with one attached hydrogen (secondary N) is 2. The van der Waals surface area contributed by atoms with Crippen molar-refractivity contribution in [3.63, 3.8) is 0 Å². The summed E-state index contributed by atoms with van der Waals surface area (Å²) < 4.78 is 32.0. The van der Waals surface area contributed by atoms with Gasteiger partial charge in [-0.25, -0.2) is 8.78 Å². The zero-order chi connectivity index (χ0) is 19.2. The second kappa shape index (κ2) is 9.10. The van der Waals surface area contributed by atoms with Gasteiger partial charge in [0.2, 0.25) is 0 Å². The number of methoxy groups -OCH3 is 1. The lowest BCUT2D eigenvalue weighted by atomic mass is 10.1. The third-order valence-corrected chi connectivity index (χ3v) is 4.96. The van der Waals surface area contributed by atoms with Gasteiger partial charge in [-0.2, -0.15) is 0 Å². The van der Waals surface area contributed by atoms with Crippen molar-refractivity contribution in [1.29, 1.82) is 0 Å². The van der Waals surface area contributed by atoms with E-state index in [1.807, 2.05) is 12.1 Å². The number of ether oxygens (including phenoxy) is 1. The van der Waals surface area contributed by atoms with E-state index in [0.717, 1.165) is 24.9 Å². The SMILES string of the molecule is COc1ccc(C(CNC(=S)Nc2ccc(F)cc2F)N2CCCC2)cc1. The van der Waals surface area contributed by atoms with Gasteiger partial charge in [-0.3, -0.25) is 4.90 Å². The third kappa shape index (κ3) is 5.14. The van der Waals surface area contributed by atoms with Crippen LogP contribution in [0.1, 0.15) is 24.4 Å². The molecule has 1 fully saturated rings. The van der Waals surface area contributed by atoms with E-state index in [-0.39, 0.29) is 11.7 Å². The Morgan fingerprint density at radius 1 is 1.15 bits per heavy atom. The monoisotopic (exact) mass is 391 g/mol. The van der Waals surface area contributed by atoms with Crippen LogP contribution in [-0.2, 0) is 0 Å². The van der Waals surface area contributed by atoms with Gasteiger partial charge in [0.05, 0.1) is 18.8 Å². The highest BCUT2D eigenvalue weighted by Gasteiger charge is 2.23. The van der Waals surface area contributed by atoms with Crippen molar-refractivity contribution in [2.45, 2.75) is 18.9 Å². The van der Waals surface area contributed by atoms with E-state index in [2.05, 4.69) is 27.7 Å². The van der Waals surface area contributed by atoms with Gasteiger partial charge in [-0.15, -0.1) is 0 Å². The molecule has 3 rings (SSSR count). The lowest BCUT2D eigenvalue weighted by molar-refractivity contribution is 0.246. The van der Waals surface area contributed by atoms with Crippen LogP contribution in [0.15, 0.2) is 42.5 Å². The fourth-order valence-electron chi connectivity index (χ4n) is 3.28. The van der Waals surface area contributed by atoms with Crippen LogP contribution in [0.4, 0.5) is 14.5 Å². The van der Waals surface area contributed by atoms with Crippen LogP contribution < -0.4 is 15.4 Å². The maximum Gasteiger partial charge on any atom is 0.170 e. The maximum atomic E-state index is 13.8. The van der Waals surface area contributed by atoms with Crippen LogP contribution in [0, 0.1) is 11.6 Å². The topological polar surface area (TPSA) is 36.5 Å². The highest BCUT2D eigenvalue weighted by atomic mass is 32.1. The molecule has 1 atom stereocenters. The van der Waals surface area contributed by atoms with Crippen molar-refractivity contribution in [3.05, 3.63) is 59.7 Å². The summed E-state index contributed by atoms with van der Waals surface area (Å²) in [4.78, 5) is 2.41. The quantitative estimate of drug-likeness (QED) is 0.725. The van der Waals surface area contributed by atoms with Gasteiger partial charge in [0.25, 0.3) is 0 Å². The molecule has 0 saturated carbocycles. The summed E-state index contributed by atoms with van der Waals surface area (Å²) in [6.45, 7) is 2.65. The number of likely N-dealkylation sites (tertiary alicyclic amines) is 1. The molecule has 1 aliphatic rings. The first-order valence-electron chi connectivity index (χ1n) is 8.94. The Morgan fingerprint density at radius 3 is 2.48 bits per heavy atom. The zero-order valence-corrected chi connectivity index (χ0v) is 16.0. The maximum absolute atomic E-state index is 13.8. The molecule has 0 amide bonds. The molecule has 0 aromatic heterocycles. The average Bonchev–Trinajstić information content (AvgIpc) is 3.19. The summed E-state index contributed by atoms with van der Waals surface area (Å²) in [5, 5.41) is 6.26. The molecule has 2 aromatic carbocycles. The molecule has 0 spiro atoms. The highest BCUT2D eigenvalue weighted by molar-refractivity contribution is 7.80. The van der Waals surface area contributed by atoms with Gasteiger partial charge < -0.3 is 15.4 Å². The van der Waals surface area contributed by atoms with E-state index in [1.54, 1.807) is 7.11 Å². The molecule has 0 radical (unpaired) electrons. The molecule has 1 heterocycles. The van der Waals surface area contributed by atoms with E-state index in [1.165, 1.54) is 30.5 Å². The number of nitrogens with zero attached hydrogens (tertiary/aromatic N) is 1. The minimum Gasteiger partial charge on any atom is -0.497 e. The predicted octanol–water partition coefficient (Wildman–Crippen LogP) is 4.10. The largest absolute Gasteiger partial charge is 0.497 e. The lowest BCUT2D eigenvalue weighted by Crippen LogP contribution is -2.38. The summed E-state index contributed by atoms with van der Waals surface area (Å²) in [7, 11) is 1.65. The Labute approximate surface area is 163 Å². The first-order chi connectivity index (χ1) is 13.1. The van der Waals surface area contributed by atoms with Crippen molar-refractivity contribution in [3.8, 4) is 5.75 Å². The van der Waals surface area contributed by atoms with E-state index < -0.39 is 11.6 Å². The standard InChI is InChI=1S/C20H23F2N3OS/c1-26-16-7-4-14(5-8-16)19(25-10-2-3-11-25)13-23-20(27)24-18-9-6-15(21)12-17(18)22/h4-9,12,19H,2-3,10-11,13H2,1H3,(H2,23,24,27). The van der Waals surface area contributed by atoms with Crippen molar-refractivity contribution < 1.29 is 13.5 Å². The molecule has 0 bridgehead atoms. The van der Waals surface area contributed by atoms with Crippen LogP contribution in [0.25, 0.3) is 0 Å². The number of halogens is 2. The third-order valence-electron chi connectivity index (χ3n) is 4.72. The number of thiocarbonyl (C=S) groups is 1. The van der Waals surface area contributed by atoms with Gasteiger partial charge in [0.15, 0.2) is 5.11 Å². The van der Waals surface area contributed by atoms with Crippen LogP contribution in [0.2, 0.25) is 0 Å². The smallest absolute Gasteiger partial charge is 0.170 e. The first-order valence-corrected chi connectivity index (χ1v) is 9.35. The molecule has 1 saturated heterocycles. The molecule has 2 N–H and O–H groups in total. The van der Waals surface area contributed by atoms with Crippen LogP contribution in [0.3, 0.4) is 0 Å². The highest BCUT2D eigenvalue weighted by Crippen LogP contribution is 2.26. The summed E-state index contributed by atoms with van der Waals surface area (Å²) in [5.41, 5.74) is 1.32. The Hall–Kier alpha value is -2.25. The van der Waals surface area contributed by atoms with Crippen molar-refractivity contribution in [2.75, 3.05) is 32.1 Å². The molecule has 1 unspecified atom stereocenters. The van der Waals surface area contributed by atoms with Gasteiger partial charge in [-0.05, 0) is 68.0 Å². The minimum atomic E-state index is -0.676. The Morgan fingerprint density at radius 2 is 1.85 bits per heavy atom. The second-order valence-corrected chi connectivity index (χ2v) is 6.90. The van der Waals surface area contributed by atoms with E-state index in [0.29, 0.717) is 11.7 Å². The molecular formula is C20H23F2N3OS. The van der Waals surface area contributed by atoms with E-state index >= 15 is 0 Å². The summed E-state index contributed by atoms with van der Waals surface area (Å²) >= 11 is 5.29. The van der Waals surface area contributed by atoms with Crippen molar-refractivity contribution in [1.82, 2.24) is 10.2 Å². The Bertz CT molecular complexity index is 779. The van der Waals surface area contributed by atoms with Gasteiger partial charge in [0, 0.05) is 12.6 Å². The molecular weight excluding hydrogens is 368 g/mol. The number of rotatable bonds is 6. The van der Waals surface area contributed by atoms with Crippen molar-refractivity contribution >= 4 is 23.0 Å². The minimum absolute atomic E-state index is 0.149. The number of benzene rings is 2. The van der Waals surface area contributed by atoms with Gasteiger partial charge in [-0.1, -0.05) is 12.1 Å². The Kier molecular flexibility index (Phi) is 6.58. The van der Waals surface area contributed by atoms with Crippen LogP contribution in [-0.4, -0.2) is 36.8 Å². The van der Waals surface area contributed by atoms with Crippen molar-refractivity contribution in [2.24, 2.45) is 0 Å². The molecule has 144 valence electrons. The molecule has 0 aliphatic carbocycles. The lowest BCUT2D eigenvalue weighted by Gasteiger charge is -2.29. The Balaban J connectivity index is 1.65. The van der Waals surface area contributed by atoms with E-state index in [9.17, 15) is 8.78 Å². The molecule has 1 aliphatic heterocycles. The van der Waals surface area contributed by atoms with E-state index in [4.69, 9.17) is 17.0 Å². The van der Waals surface area contributed by atoms with Gasteiger partial charge >= 0.3 is 0 Å². The summed E-state index contributed by atoms with van der Waals surface area (Å²) in [6.07, 6.45) is 2.35.